The van der Waals surface area contributed by atoms with Crippen LogP contribution < -0.4 is 5.32 Å². The summed E-state index contributed by atoms with van der Waals surface area (Å²) in [7, 11) is 1.90. The van der Waals surface area contributed by atoms with E-state index in [1.54, 1.807) is 12.1 Å². The molecule has 1 amide bonds. The van der Waals surface area contributed by atoms with Crippen LogP contribution in [0, 0.1) is 5.92 Å². The van der Waals surface area contributed by atoms with Crippen molar-refractivity contribution < 1.29 is 14.0 Å². The zero-order chi connectivity index (χ0) is 20.2. The van der Waals surface area contributed by atoms with Crippen molar-refractivity contribution in [1.29, 1.82) is 0 Å². The first-order valence-corrected chi connectivity index (χ1v) is 9.86. The van der Waals surface area contributed by atoms with E-state index in [0.717, 1.165) is 16.8 Å². The van der Waals surface area contributed by atoms with E-state index in [0.29, 0.717) is 11.6 Å². The largest absolute Gasteiger partial charge is 0.461 e. The van der Waals surface area contributed by atoms with Gasteiger partial charge in [0, 0.05) is 28.7 Å². The Morgan fingerprint density at radius 2 is 1.90 bits per heavy atom. The Kier molecular flexibility index (Phi) is 4.12. The number of benzene rings is 2. The molecule has 0 unspecified atom stereocenters. The molecule has 1 fully saturated rings. The van der Waals surface area contributed by atoms with Gasteiger partial charge in [-0.05, 0) is 42.9 Å². The molecule has 3 heterocycles. The smallest absolute Gasteiger partial charge is 0.250 e. The summed E-state index contributed by atoms with van der Waals surface area (Å²) in [6, 6.07) is 18.4. The first-order valence-electron chi connectivity index (χ1n) is 9.49. The van der Waals surface area contributed by atoms with Gasteiger partial charge in [0.1, 0.15) is 5.54 Å². The van der Waals surface area contributed by atoms with Gasteiger partial charge in [-0.15, -0.1) is 0 Å². The highest BCUT2D eigenvalue weighted by Gasteiger charge is 2.64. The summed E-state index contributed by atoms with van der Waals surface area (Å²) in [4.78, 5) is 29.1. The number of likely N-dealkylation sites (tertiary alicyclic amines) is 1. The van der Waals surface area contributed by atoms with Gasteiger partial charge in [0.2, 0.25) is 11.7 Å². The summed E-state index contributed by atoms with van der Waals surface area (Å²) >= 11 is 6.08. The van der Waals surface area contributed by atoms with Crippen LogP contribution in [0.15, 0.2) is 71.3 Å². The Bertz CT molecular complexity index is 1090. The molecule has 0 saturated carbocycles. The van der Waals surface area contributed by atoms with E-state index < -0.39 is 11.5 Å². The molecule has 1 N–H and O–H groups in total. The molecule has 1 spiro atoms. The lowest BCUT2D eigenvalue weighted by molar-refractivity contribution is -0.126. The fourth-order valence-corrected chi connectivity index (χ4v) is 5.10. The normalized spacial score (nSPS) is 25.9. The van der Waals surface area contributed by atoms with Crippen LogP contribution in [0.4, 0.5) is 5.69 Å². The van der Waals surface area contributed by atoms with Crippen molar-refractivity contribution in [2.45, 2.75) is 11.5 Å². The molecule has 0 bridgehead atoms. The van der Waals surface area contributed by atoms with Gasteiger partial charge in [0.25, 0.3) is 0 Å². The van der Waals surface area contributed by atoms with Crippen LogP contribution in [0.5, 0.6) is 0 Å². The number of rotatable bonds is 3. The average molecular weight is 407 g/mol. The quantitative estimate of drug-likeness (QED) is 0.658. The monoisotopic (exact) mass is 406 g/mol. The molecule has 3 atom stereocenters. The van der Waals surface area contributed by atoms with Gasteiger partial charge in [0.15, 0.2) is 5.76 Å². The second-order valence-corrected chi connectivity index (χ2v) is 8.06. The number of carbonyl (C=O) groups is 2. The molecule has 2 aliphatic heterocycles. The minimum atomic E-state index is -1.09. The minimum Gasteiger partial charge on any atom is -0.461 e. The van der Waals surface area contributed by atoms with Gasteiger partial charge in [-0.3, -0.25) is 14.5 Å². The number of para-hydroxylation sites is 1. The van der Waals surface area contributed by atoms with Crippen LogP contribution in [0.3, 0.4) is 0 Å². The molecule has 5 rings (SSSR count). The summed E-state index contributed by atoms with van der Waals surface area (Å²) in [5.41, 5.74) is 1.46. The number of Topliss-reactive ketones (excluding diaryl/α,β-unsaturated/α-hetero) is 1. The highest BCUT2D eigenvalue weighted by molar-refractivity contribution is 6.30. The fourth-order valence-electron chi connectivity index (χ4n) is 4.98. The first-order chi connectivity index (χ1) is 14.0. The maximum absolute atomic E-state index is 13.7. The molecule has 146 valence electrons. The number of carbonyl (C=O) groups excluding carboxylic acids is 2. The number of amides is 1. The highest BCUT2D eigenvalue weighted by Crippen LogP contribution is 2.55. The number of halogens is 1. The molecular formula is C23H19ClN2O3. The van der Waals surface area contributed by atoms with E-state index in [1.165, 1.54) is 6.26 Å². The van der Waals surface area contributed by atoms with Gasteiger partial charge < -0.3 is 9.73 Å². The molecule has 2 aromatic carbocycles. The van der Waals surface area contributed by atoms with Crippen LogP contribution in [0.1, 0.15) is 27.6 Å². The van der Waals surface area contributed by atoms with Crippen molar-refractivity contribution in [1.82, 2.24) is 4.90 Å². The van der Waals surface area contributed by atoms with Crippen LogP contribution in [0.25, 0.3) is 0 Å². The number of likely N-dealkylation sites (N-methyl/N-ethyl adjacent to an activating group) is 1. The number of nitrogens with one attached hydrogen (secondary N) is 1. The summed E-state index contributed by atoms with van der Waals surface area (Å²) in [6.45, 7) is 0.556. The molecule has 2 aliphatic rings. The first kappa shape index (κ1) is 18.2. The van der Waals surface area contributed by atoms with Crippen molar-refractivity contribution in [3.63, 3.8) is 0 Å². The molecule has 1 saturated heterocycles. The molecule has 0 radical (unpaired) electrons. The van der Waals surface area contributed by atoms with E-state index in [9.17, 15) is 9.59 Å². The minimum absolute atomic E-state index is 0.175. The maximum atomic E-state index is 13.7. The van der Waals surface area contributed by atoms with E-state index in [4.69, 9.17) is 16.0 Å². The van der Waals surface area contributed by atoms with Crippen LogP contribution in [-0.2, 0) is 10.3 Å². The van der Waals surface area contributed by atoms with E-state index >= 15 is 0 Å². The zero-order valence-electron chi connectivity index (χ0n) is 15.8. The van der Waals surface area contributed by atoms with Gasteiger partial charge in [0.05, 0.1) is 12.2 Å². The fraction of sp³-hybridized carbons (Fsp3) is 0.217. The predicted molar refractivity (Wildman–Crippen MR) is 110 cm³/mol. The number of anilines is 1. The van der Waals surface area contributed by atoms with Gasteiger partial charge >= 0.3 is 0 Å². The van der Waals surface area contributed by atoms with Crippen molar-refractivity contribution in [3.05, 3.63) is 88.8 Å². The lowest BCUT2D eigenvalue weighted by Gasteiger charge is -2.35. The molecular weight excluding hydrogens is 388 g/mol. The Morgan fingerprint density at radius 1 is 1.14 bits per heavy atom. The Labute approximate surface area is 173 Å². The van der Waals surface area contributed by atoms with Gasteiger partial charge in [-0.2, -0.15) is 0 Å². The van der Waals surface area contributed by atoms with E-state index in [1.807, 2.05) is 60.5 Å². The molecule has 5 nitrogen and oxygen atoms in total. The lowest BCUT2D eigenvalue weighted by atomic mass is 9.71. The van der Waals surface area contributed by atoms with Crippen molar-refractivity contribution in [2.24, 2.45) is 5.92 Å². The van der Waals surface area contributed by atoms with Gasteiger partial charge in [-0.25, -0.2) is 0 Å². The van der Waals surface area contributed by atoms with Crippen LogP contribution >= 0.6 is 11.6 Å². The summed E-state index contributed by atoms with van der Waals surface area (Å²) < 4.78 is 5.45. The second kappa shape index (κ2) is 6.58. The van der Waals surface area contributed by atoms with E-state index in [2.05, 4.69) is 5.32 Å². The number of hydrogen-bond acceptors (Lipinski definition) is 4. The second-order valence-electron chi connectivity index (χ2n) is 7.62. The number of nitrogens with zero attached hydrogens (tertiary/aromatic N) is 1. The lowest BCUT2D eigenvalue weighted by Crippen LogP contribution is -2.51. The third-order valence-electron chi connectivity index (χ3n) is 6.20. The molecule has 1 aromatic heterocycles. The summed E-state index contributed by atoms with van der Waals surface area (Å²) in [5.74, 6) is -0.912. The molecule has 6 heteroatoms. The number of furan rings is 1. The Morgan fingerprint density at radius 3 is 2.62 bits per heavy atom. The number of fused-ring (bicyclic) bond motifs is 2. The Hall–Kier alpha value is -2.89. The topological polar surface area (TPSA) is 62.6 Å². The average Bonchev–Trinajstić information content (AvgIpc) is 3.42. The summed E-state index contributed by atoms with van der Waals surface area (Å²) in [5, 5.41) is 3.62. The highest BCUT2D eigenvalue weighted by atomic mass is 35.5. The Balaban J connectivity index is 1.73. The third kappa shape index (κ3) is 2.51. The molecule has 3 aromatic rings. The number of hydrogen-bond donors (Lipinski definition) is 1. The molecule has 29 heavy (non-hydrogen) atoms. The van der Waals surface area contributed by atoms with Crippen LogP contribution in [0.2, 0.25) is 5.02 Å². The maximum Gasteiger partial charge on any atom is 0.250 e. The van der Waals surface area contributed by atoms with Crippen molar-refractivity contribution in [2.75, 3.05) is 18.9 Å². The SMILES string of the molecule is CN1C[C@H](c2ccc(Cl)cc2)[C@@H](C(=O)c2ccco2)[C@]12C(=O)Nc1ccccc12. The van der Waals surface area contributed by atoms with E-state index in [-0.39, 0.29) is 23.4 Å². The molecule has 0 aliphatic carbocycles. The van der Waals surface area contributed by atoms with Crippen molar-refractivity contribution >= 4 is 29.0 Å². The number of ketones is 1. The van der Waals surface area contributed by atoms with Crippen molar-refractivity contribution in [3.8, 4) is 0 Å². The van der Waals surface area contributed by atoms with Gasteiger partial charge in [-0.1, -0.05) is 41.9 Å². The third-order valence-corrected chi connectivity index (χ3v) is 6.45. The van der Waals surface area contributed by atoms with Crippen LogP contribution in [-0.4, -0.2) is 30.2 Å². The predicted octanol–water partition coefficient (Wildman–Crippen LogP) is 4.31. The zero-order valence-corrected chi connectivity index (χ0v) is 16.5. The summed E-state index contributed by atoms with van der Waals surface area (Å²) in [6.07, 6.45) is 1.48. The standard InChI is InChI=1S/C23H19ClN2O3/c1-26-13-16(14-8-10-15(24)11-9-14)20(21(27)19-7-4-12-29-19)23(26)17-5-2-3-6-18(17)25-22(23)28/h2-12,16,20H,13H2,1H3,(H,25,28)/t16-,20+,23-/m1/s1.